The maximum atomic E-state index is 12.7. The number of carbonyl (C=O) groups excluding carboxylic acids is 1. The van der Waals surface area contributed by atoms with Crippen LogP contribution in [0, 0.1) is 6.92 Å². The second-order valence-corrected chi connectivity index (χ2v) is 7.07. The van der Waals surface area contributed by atoms with Crippen LogP contribution in [0.15, 0.2) is 23.2 Å². The third-order valence-corrected chi connectivity index (χ3v) is 5.48. The lowest BCUT2D eigenvalue weighted by atomic mass is 10.3. The number of thiazole rings is 1. The Labute approximate surface area is 167 Å². The van der Waals surface area contributed by atoms with Gasteiger partial charge in [0.05, 0.1) is 20.8 Å². The van der Waals surface area contributed by atoms with Crippen LogP contribution in [-0.4, -0.2) is 47.7 Å². The summed E-state index contributed by atoms with van der Waals surface area (Å²) < 4.78 is 21.0. The SMILES string of the molecule is CCOCCn1c(=NC(=O)c2cc(C)n(C)n2)sc2c(OC)ccc(OC)c21. The van der Waals surface area contributed by atoms with Gasteiger partial charge in [0.25, 0.3) is 5.91 Å². The molecule has 0 radical (unpaired) electrons. The molecule has 2 heterocycles. The molecule has 0 spiro atoms. The van der Waals surface area contributed by atoms with Gasteiger partial charge in [0, 0.05) is 25.9 Å². The van der Waals surface area contributed by atoms with Crippen LogP contribution in [0.5, 0.6) is 11.5 Å². The Hall–Kier alpha value is -2.65. The van der Waals surface area contributed by atoms with Gasteiger partial charge in [-0.1, -0.05) is 11.3 Å². The number of hydrogen-bond acceptors (Lipinski definition) is 6. The summed E-state index contributed by atoms with van der Waals surface area (Å²) in [6.45, 7) is 5.47. The number of rotatable bonds is 7. The molecule has 0 bridgehead atoms. The monoisotopic (exact) mass is 404 g/mol. The van der Waals surface area contributed by atoms with E-state index in [1.807, 2.05) is 30.5 Å². The molecule has 0 aliphatic heterocycles. The number of ether oxygens (including phenoxy) is 3. The largest absolute Gasteiger partial charge is 0.495 e. The molecule has 8 nitrogen and oxygen atoms in total. The summed E-state index contributed by atoms with van der Waals surface area (Å²) in [6.07, 6.45) is 0. The lowest BCUT2D eigenvalue weighted by Gasteiger charge is -2.10. The highest BCUT2D eigenvalue weighted by atomic mass is 32.1. The molecule has 0 aliphatic carbocycles. The number of aromatic nitrogens is 3. The number of amides is 1. The topological polar surface area (TPSA) is 79.9 Å². The smallest absolute Gasteiger partial charge is 0.300 e. The van der Waals surface area contributed by atoms with E-state index < -0.39 is 5.91 Å². The van der Waals surface area contributed by atoms with E-state index in [-0.39, 0.29) is 0 Å². The molecule has 1 aromatic carbocycles. The van der Waals surface area contributed by atoms with Crippen molar-refractivity contribution in [3.05, 3.63) is 34.4 Å². The van der Waals surface area contributed by atoms with Crippen LogP contribution >= 0.6 is 11.3 Å². The molecular formula is C19H24N4O4S. The summed E-state index contributed by atoms with van der Waals surface area (Å²) >= 11 is 1.38. The zero-order valence-electron chi connectivity index (χ0n) is 16.7. The first-order valence-corrected chi connectivity index (χ1v) is 9.73. The Morgan fingerprint density at radius 1 is 1.25 bits per heavy atom. The van der Waals surface area contributed by atoms with E-state index in [4.69, 9.17) is 14.2 Å². The Morgan fingerprint density at radius 3 is 2.57 bits per heavy atom. The third kappa shape index (κ3) is 3.81. The van der Waals surface area contributed by atoms with E-state index >= 15 is 0 Å². The average molecular weight is 404 g/mol. The molecule has 3 rings (SSSR count). The quantitative estimate of drug-likeness (QED) is 0.566. The van der Waals surface area contributed by atoms with Crippen LogP contribution in [0.3, 0.4) is 0 Å². The molecule has 28 heavy (non-hydrogen) atoms. The van der Waals surface area contributed by atoms with E-state index in [0.29, 0.717) is 41.8 Å². The highest BCUT2D eigenvalue weighted by Crippen LogP contribution is 2.35. The highest BCUT2D eigenvalue weighted by Gasteiger charge is 2.17. The van der Waals surface area contributed by atoms with Crippen molar-refractivity contribution in [3.8, 4) is 11.5 Å². The molecule has 2 aromatic heterocycles. The molecule has 0 fully saturated rings. The number of nitrogens with zero attached hydrogens (tertiary/aromatic N) is 4. The van der Waals surface area contributed by atoms with Crippen LogP contribution in [0.4, 0.5) is 0 Å². The normalized spacial score (nSPS) is 12.0. The fourth-order valence-electron chi connectivity index (χ4n) is 2.86. The number of benzene rings is 1. The van der Waals surface area contributed by atoms with Crippen molar-refractivity contribution in [1.29, 1.82) is 0 Å². The lowest BCUT2D eigenvalue weighted by molar-refractivity contribution is 0.0991. The van der Waals surface area contributed by atoms with Crippen molar-refractivity contribution in [3.63, 3.8) is 0 Å². The van der Waals surface area contributed by atoms with Crippen molar-refractivity contribution < 1.29 is 19.0 Å². The van der Waals surface area contributed by atoms with Gasteiger partial charge in [-0.25, -0.2) is 0 Å². The molecule has 0 saturated carbocycles. The Kier molecular flexibility index (Phi) is 6.15. The van der Waals surface area contributed by atoms with Gasteiger partial charge in [-0.15, -0.1) is 0 Å². The second kappa shape index (κ2) is 8.57. The molecule has 0 N–H and O–H groups in total. The first kappa shape index (κ1) is 20.1. The van der Waals surface area contributed by atoms with Crippen molar-refractivity contribution in [1.82, 2.24) is 14.3 Å². The van der Waals surface area contributed by atoms with E-state index in [1.54, 1.807) is 32.0 Å². The zero-order chi connectivity index (χ0) is 20.3. The Bertz CT molecular complexity index is 1040. The molecule has 0 unspecified atom stereocenters. The van der Waals surface area contributed by atoms with E-state index in [0.717, 1.165) is 15.9 Å². The molecule has 0 aliphatic rings. The van der Waals surface area contributed by atoms with Crippen LogP contribution in [0.25, 0.3) is 10.2 Å². The van der Waals surface area contributed by atoms with Gasteiger partial charge in [-0.3, -0.25) is 9.48 Å². The minimum Gasteiger partial charge on any atom is -0.495 e. The predicted molar refractivity (Wildman–Crippen MR) is 107 cm³/mol. The summed E-state index contributed by atoms with van der Waals surface area (Å²) in [7, 11) is 5.03. The first-order chi connectivity index (χ1) is 13.5. The van der Waals surface area contributed by atoms with Crippen molar-refractivity contribution >= 4 is 27.5 Å². The maximum Gasteiger partial charge on any atom is 0.300 e. The highest BCUT2D eigenvalue weighted by molar-refractivity contribution is 7.16. The second-order valence-electron chi connectivity index (χ2n) is 6.09. The van der Waals surface area contributed by atoms with Gasteiger partial charge in [0.1, 0.15) is 21.7 Å². The zero-order valence-corrected chi connectivity index (χ0v) is 17.5. The van der Waals surface area contributed by atoms with Crippen molar-refractivity contribution in [2.45, 2.75) is 20.4 Å². The molecule has 150 valence electrons. The predicted octanol–water partition coefficient (Wildman–Crippen LogP) is 2.54. The average Bonchev–Trinajstić information content (AvgIpc) is 3.21. The maximum absolute atomic E-state index is 12.7. The molecule has 3 aromatic rings. The number of methoxy groups -OCH3 is 2. The molecular weight excluding hydrogens is 380 g/mol. The van der Waals surface area contributed by atoms with E-state index in [2.05, 4.69) is 10.1 Å². The van der Waals surface area contributed by atoms with Gasteiger partial charge >= 0.3 is 0 Å². The molecule has 1 amide bonds. The standard InChI is InChI=1S/C19H24N4O4S/c1-6-27-10-9-23-16-14(25-4)7-8-15(26-5)17(16)28-19(23)20-18(24)13-11-12(2)22(3)21-13/h7-8,11H,6,9-10H2,1-5H3. The fraction of sp³-hybridized carbons (Fsp3) is 0.421. The van der Waals surface area contributed by atoms with Crippen LogP contribution in [-0.2, 0) is 18.3 Å². The van der Waals surface area contributed by atoms with Crippen LogP contribution in [0.1, 0.15) is 23.1 Å². The number of aryl methyl sites for hydroxylation is 2. The van der Waals surface area contributed by atoms with Crippen LogP contribution in [0.2, 0.25) is 0 Å². The molecule has 0 atom stereocenters. The summed E-state index contributed by atoms with van der Waals surface area (Å²) in [6, 6.07) is 5.42. The van der Waals surface area contributed by atoms with Gasteiger partial charge in [0.15, 0.2) is 10.5 Å². The van der Waals surface area contributed by atoms with E-state index in [1.165, 1.54) is 11.3 Å². The van der Waals surface area contributed by atoms with Gasteiger partial charge in [-0.05, 0) is 32.0 Å². The first-order valence-electron chi connectivity index (χ1n) is 8.91. The number of fused-ring (bicyclic) bond motifs is 1. The van der Waals surface area contributed by atoms with E-state index in [9.17, 15) is 4.79 Å². The Balaban J connectivity index is 2.19. The Morgan fingerprint density at radius 2 is 1.96 bits per heavy atom. The minimum atomic E-state index is -0.390. The van der Waals surface area contributed by atoms with Crippen molar-refractivity contribution in [2.24, 2.45) is 12.0 Å². The number of hydrogen-bond donors (Lipinski definition) is 0. The summed E-state index contributed by atoms with van der Waals surface area (Å²) in [5.41, 5.74) is 2.03. The van der Waals surface area contributed by atoms with Gasteiger partial charge < -0.3 is 18.8 Å². The minimum absolute atomic E-state index is 0.313. The summed E-state index contributed by atoms with van der Waals surface area (Å²) in [5.74, 6) is 0.998. The number of carbonyl (C=O) groups is 1. The fourth-order valence-corrected chi connectivity index (χ4v) is 4.02. The molecule has 9 heteroatoms. The molecule has 0 saturated heterocycles. The summed E-state index contributed by atoms with van der Waals surface area (Å²) in [4.78, 5) is 17.6. The van der Waals surface area contributed by atoms with Gasteiger partial charge in [-0.2, -0.15) is 10.1 Å². The van der Waals surface area contributed by atoms with Gasteiger partial charge in [0.2, 0.25) is 0 Å². The lowest BCUT2D eigenvalue weighted by Crippen LogP contribution is -2.20. The third-order valence-electron chi connectivity index (χ3n) is 4.39. The van der Waals surface area contributed by atoms with Crippen molar-refractivity contribution in [2.75, 3.05) is 27.4 Å². The van der Waals surface area contributed by atoms with Crippen LogP contribution < -0.4 is 14.3 Å². The summed E-state index contributed by atoms with van der Waals surface area (Å²) in [5, 5.41) is 4.23.